The number of hydrogen-bond acceptors (Lipinski definition) is 3. The predicted molar refractivity (Wildman–Crippen MR) is 103 cm³/mol. The Kier molecular flexibility index (Phi) is 6.41. The third-order valence-electron chi connectivity index (χ3n) is 4.29. The van der Waals surface area contributed by atoms with E-state index in [2.05, 4.69) is 34.9 Å². The highest BCUT2D eigenvalue weighted by Gasteiger charge is 2.15. The van der Waals surface area contributed by atoms with Gasteiger partial charge >= 0.3 is 0 Å². The molecule has 0 bridgehead atoms. The van der Waals surface area contributed by atoms with E-state index < -0.39 is 0 Å². The summed E-state index contributed by atoms with van der Waals surface area (Å²) in [6.45, 7) is 0.756. The van der Waals surface area contributed by atoms with E-state index >= 15 is 0 Å². The van der Waals surface area contributed by atoms with Gasteiger partial charge in [0.25, 0.3) is 5.91 Å². The number of rotatable bonds is 8. The van der Waals surface area contributed by atoms with Crippen LogP contribution in [-0.2, 0) is 4.79 Å². The van der Waals surface area contributed by atoms with E-state index in [9.17, 15) is 9.59 Å². The number of furan rings is 1. The fraction of sp³-hybridized carbons (Fsp3) is 0.182. The van der Waals surface area contributed by atoms with Crippen LogP contribution in [0.3, 0.4) is 0 Å². The fourth-order valence-electron chi connectivity index (χ4n) is 2.89. The van der Waals surface area contributed by atoms with Crippen LogP contribution in [0.25, 0.3) is 0 Å². The van der Waals surface area contributed by atoms with Gasteiger partial charge < -0.3 is 15.1 Å². The van der Waals surface area contributed by atoms with Gasteiger partial charge in [0.05, 0.1) is 6.26 Å². The number of amides is 2. The van der Waals surface area contributed by atoms with E-state index in [1.807, 2.05) is 36.4 Å². The summed E-state index contributed by atoms with van der Waals surface area (Å²) in [5, 5.41) is 5.65. The lowest BCUT2D eigenvalue weighted by Gasteiger charge is -2.19. The van der Waals surface area contributed by atoms with Crippen LogP contribution in [0.2, 0.25) is 0 Å². The monoisotopic (exact) mass is 362 g/mol. The zero-order valence-corrected chi connectivity index (χ0v) is 14.9. The second-order valence-electron chi connectivity index (χ2n) is 6.16. The van der Waals surface area contributed by atoms with Gasteiger partial charge in [-0.1, -0.05) is 60.7 Å². The molecule has 3 rings (SSSR count). The molecule has 0 aliphatic rings. The average Bonchev–Trinajstić information content (AvgIpc) is 3.25. The zero-order valence-electron chi connectivity index (χ0n) is 14.9. The number of hydrogen-bond donors (Lipinski definition) is 2. The first-order valence-electron chi connectivity index (χ1n) is 8.92. The maximum Gasteiger partial charge on any atom is 0.286 e. The lowest BCUT2D eigenvalue weighted by Crippen LogP contribution is -2.33. The Morgan fingerprint density at radius 2 is 1.44 bits per heavy atom. The lowest BCUT2D eigenvalue weighted by atomic mass is 9.91. The third kappa shape index (κ3) is 5.31. The summed E-state index contributed by atoms with van der Waals surface area (Å²) in [7, 11) is 0. The first kappa shape index (κ1) is 18.5. The predicted octanol–water partition coefficient (Wildman–Crippen LogP) is 3.35. The molecule has 1 aromatic heterocycles. The van der Waals surface area contributed by atoms with Crippen molar-refractivity contribution in [3.05, 3.63) is 95.9 Å². The van der Waals surface area contributed by atoms with Crippen molar-refractivity contribution in [2.24, 2.45) is 0 Å². The number of benzene rings is 2. The van der Waals surface area contributed by atoms with Gasteiger partial charge in [-0.05, 0) is 23.3 Å². The molecule has 5 nitrogen and oxygen atoms in total. The van der Waals surface area contributed by atoms with Crippen molar-refractivity contribution in [1.82, 2.24) is 10.6 Å². The van der Waals surface area contributed by atoms with Gasteiger partial charge in [0, 0.05) is 25.4 Å². The van der Waals surface area contributed by atoms with Crippen LogP contribution in [0.1, 0.15) is 34.0 Å². The third-order valence-corrected chi connectivity index (χ3v) is 4.29. The fourth-order valence-corrected chi connectivity index (χ4v) is 2.89. The molecule has 0 saturated heterocycles. The van der Waals surface area contributed by atoms with Gasteiger partial charge in [0.2, 0.25) is 5.91 Å². The van der Waals surface area contributed by atoms with E-state index in [1.54, 1.807) is 12.1 Å². The van der Waals surface area contributed by atoms with Crippen molar-refractivity contribution >= 4 is 11.8 Å². The summed E-state index contributed by atoms with van der Waals surface area (Å²) in [4.78, 5) is 24.0. The molecule has 0 spiro atoms. The highest BCUT2D eigenvalue weighted by molar-refractivity contribution is 5.91. The van der Waals surface area contributed by atoms with Crippen LogP contribution in [0.5, 0.6) is 0 Å². The maximum atomic E-state index is 12.2. The molecule has 0 saturated carbocycles. The molecule has 5 heteroatoms. The van der Waals surface area contributed by atoms with Gasteiger partial charge in [0.1, 0.15) is 0 Å². The van der Waals surface area contributed by atoms with Crippen LogP contribution in [0.4, 0.5) is 0 Å². The Morgan fingerprint density at radius 3 is 2.00 bits per heavy atom. The number of carbonyl (C=O) groups excluding carboxylic acids is 2. The Bertz CT molecular complexity index is 806. The maximum absolute atomic E-state index is 12.2. The minimum Gasteiger partial charge on any atom is -0.459 e. The molecule has 138 valence electrons. The summed E-state index contributed by atoms with van der Waals surface area (Å²) in [6.07, 6.45) is 1.65. The van der Waals surface area contributed by atoms with Gasteiger partial charge in [-0.25, -0.2) is 0 Å². The van der Waals surface area contributed by atoms with Crippen molar-refractivity contribution in [2.45, 2.75) is 12.3 Å². The number of carbonyl (C=O) groups is 2. The van der Waals surface area contributed by atoms with Crippen molar-refractivity contribution in [2.75, 3.05) is 13.1 Å². The highest BCUT2D eigenvalue weighted by Crippen LogP contribution is 2.23. The summed E-state index contributed by atoms with van der Waals surface area (Å²) in [6, 6.07) is 23.4. The van der Waals surface area contributed by atoms with E-state index in [-0.39, 0.29) is 36.5 Å². The van der Waals surface area contributed by atoms with Crippen LogP contribution >= 0.6 is 0 Å². The molecule has 2 aromatic carbocycles. The standard InChI is InChI=1S/C22H22N2O3/c25-21(13-14-23-22(26)20-12-7-15-27-20)24-16-19(17-8-3-1-4-9-17)18-10-5-2-6-11-18/h1-12,15,19H,13-14,16H2,(H,23,26)(H,24,25). The highest BCUT2D eigenvalue weighted by atomic mass is 16.3. The smallest absolute Gasteiger partial charge is 0.286 e. The van der Waals surface area contributed by atoms with Crippen LogP contribution < -0.4 is 10.6 Å². The van der Waals surface area contributed by atoms with E-state index in [0.29, 0.717) is 6.54 Å². The van der Waals surface area contributed by atoms with E-state index in [1.165, 1.54) is 6.26 Å². The van der Waals surface area contributed by atoms with Gasteiger partial charge in [-0.2, -0.15) is 0 Å². The quantitative estimate of drug-likeness (QED) is 0.645. The Hall–Kier alpha value is -3.34. The summed E-state index contributed by atoms with van der Waals surface area (Å²) < 4.78 is 5.02. The van der Waals surface area contributed by atoms with Crippen molar-refractivity contribution < 1.29 is 14.0 Å². The van der Waals surface area contributed by atoms with Gasteiger partial charge in [-0.3, -0.25) is 9.59 Å². The normalized spacial score (nSPS) is 10.6. The molecular formula is C22H22N2O3. The molecule has 2 amide bonds. The summed E-state index contributed by atoms with van der Waals surface area (Å²) in [5.74, 6) is -0.108. The Labute approximate surface area is 158 Å². The molecule has 2 N–H and O–H groups in total. The molecule has 1 heterocycles. The van der Waals surface area contributed by atoms with E-state index in [0.717, 1.165) is 11.1 Å². The minimum atomic E-state index is -0.320. The van der Waals surface area contributed by atoms with Crippen LogP contribution in [-0.4, -0.2) is 24.9 Å². The topological polar surface area (TPSA) is 71.3 Å². The Morgan fingerprint density at radius 1 is 0.815 bits per heavy atom. The first-order chi connectivity index (χ1) is 13.2. The molecule has 0 radical (unpaired) electrons. The SMILES string of the molecule is O=C(CCNC(=O)c1ccco1)NCC(c1ccccc1)c1ccccc1. The van der Waals surface area contributed by atoms with Crippen LogP contribution in [0.15, 0.2) is 83.5 Å². The molecule has 0 atom stereocenters. The van der Waals surface area contributed by atoms with Crippen molar-refractivity contribution in [3.8, 4) is 0 Å². The molecule has 3 aromatic rings. The molecule has 0 fully saturated rings. The van der Waals surface area contributed by atoms with Gasteiger partial charge in [0.15, 0.2) is 5.76 Å². The number of nitrogens with one attached hydrogen (secondary N) is 2. The first-order valence-corrected chi connectivity index (χ1v) is 8.92. The molecular weight excluding hydrogens is 340 g/mol. The molecule has 27 heavy (non-hydrogen) atoms. The van der Waals surface area contributed by atoms with Crippen molar-refractivity contribution in [1.29, 1.82) is 0 Å². The summed E-state index contributed by atoms with van der Waals surface area (Å²) >= 11 is 0. The minimum absolute atomic E-state index is 0.0778. The van der Waals surface area contributed by atoms with Crippen molar-refractivity contribution in [3.63, 3.8) is 0 Å². The van der Waals surface area contributed by atoms with Gasteiger partial charge in [-0.15, -0.1) is 0 Å². The lowest BCUT2D eigenvalue weighted by molar-refractivity contribution is -0.120. The molecule has 0 unspecified atom stereocenters. The van der Waals surface area contributed by atoms with E-state index in [4.69, 9.17) is 4.42 Å². The second-order valence-corrected chi connectivity index (χ2v) is 6.16. The second kappa shape index (κ2) is 9.38. The largest absolute Gasteiger partial charge is 0.459 e. The summed E-state index contributed by atoms with van der Waals surface area (Å²) in [5.41, 5.74) is 2.30. The molecule has 0 aliphatic heterocycles. The zero-order chi connectivity index (χ0) is 18.9. The van der Waals surface area contributed by atoms with Crippen LogP contribution in [0, 0.1) is 0 Å². The Balaban J connectivity index is 1.52. The molecule has 0 aliphatic carbocycles. The average molecular weight is 362 g/mol.